The fraction of sp³-hybridized carbons (Fsp3) is 0.200. The van der Waals surface area contributed by atoms with Gasteiger partial charge in [-0.15, -0.1) is 10.1 Å². The normalized spacial score (nSPS) is 8.90. The van der Waals surface area contributed by atoms with Crippen LogP contribution in [0.25, 0.3) is 0 Å². The van der Waals surface area contributed by atoms with Gasteiger partial charge in [0.15, 0.2) is 5.96 Å². The van der Waals surface area contributed by atoms with Crippen LogP contribution in [0.1, 0.15) is 5.56 Å². The molecule has 10 heteroatoms. The van der Waals surface area contributed by atoms with E-state index in [-0.39, 0.29) is 11.9 Å². The molecule has 0 aromatic heterocycles. The van der Waals surface area contributed by atoms with Crippen molar-refractivity contribution >= 4 is 23.5 Å². The molecule has 1 aromatic rings. The summed E-state index contributed by atoms with van der Waals surface area (Å²) in [5.74, 6) is -0.129. The molecule has 6 N–H and O–H groups in total. The molecule has 0 heterocycles. The largest absolute Gasteiger partial charge is 0.370 e. The molecule has 1 aromatic carbocycles. The first-order valence-electron chi connectivity index (χ1n) is 5.20. The molecule has 0 amide bonds. The van der Waals surface area contributed by atoms with E-state index in [0.717, 1.165) is 5.56 Å². The van der Waals surface area contributed by atoms with Crippen LogP contribution in [0, 0.1) is 15.5 Å². The van der Waals surface area contributed by atoms with Gasteiger partial charge in [-0.2, -0.15) is 4.99 Å². The first-order valence-corrected chi connectivity index (χ1v) is 5.57. The van der Waals surface area contributed by atoms with Crippen molar-refractivity contribution in [2.24, 2.45) is 16.5 Å². The van der Waals surface area contributed by atoms with Crippen molar-refractivity contribution in [1.29, 1.82) is 5.41 Å². The Morgan fingerprint density at radius 2 is 2.05 bits per heavy atom. The van der Waals surface area contributed by atoms with Gasteiger partial charge < -0.3 is 21.6 Å². The number of aliphatic imine (C=N–C) groups is 1. The van der Waals surface area contributed by atoms with E-state index >= 15 is 0 Å². The van der Waals surface area contributed by atoms with Gasteiger partial charge in [0.2, 0.25) is 5.96 Å². The second kappa shape index (κ2) is 8.53. The molecule has 0 aliphatic heterocycles. The van der Waals surface area contributed by atoms with Crippen LogP contribution >= 0.6 is 11.6 Å². The van der Waals surface area contributed by atoms with Crippen LogP contribution in [-0.2, 0) is 6.54 Å². The lowest BCUT2D eigenvalue weighted by Gasteiger charge is -2.17. The molecule has 0 radical (unpaired) electrons. The second-order valence-electron chi connectivity index (χ2n) is 3.55. The smallest absolute Gasteiger partial charge is 0.291 e. The van der Waals surface area contributed by atoms with Gasteiger partial charge in [-0.1, -0.05) is 29.8 Å². The summed E-state index contributed by atoms with van der Waals surface area (Å²) in [6, 6.07) is 7.43. The summed E-state index contributed by atoms with van der Waals surface area (Å²) >= 11 is 6.00. The number of hydrogen-bond acceptors (Lipinski definition) is 3. The molecule has 0 atom stereocenters. The molecule has 0 spiro atoms. The monoisotopic (exact) mass is 302 g/mol. The number of nitrogens with zero attached hydrogens (tertiary/aromatic N) is 3. The lowest BCUT2D eigenvalue weighted by atomic mass is 10.2. The average Bonchev–Trinajstić information content (AvgIpc) is 2.30. The molecule has 0 unspecified atom stereocenters. The van der Waals surface area contributed by atoms with Crippen LogP contribution < -0.4 is 11.5 Å². The third kappa shape index (κ3) is 7.71. The Balaban J connectivity index is 0.000000796. The summed E-state index contributed by atoms with van der Waals surface area (Å²) in [4.78, 5) is 13.6. The van der Waals surface area contributed by atoms with Crippen LogP contribution in [0.3, 0.4) is 0 Å². The Bertz CT molecular complexity index is 500. The van der Waals surface area contributed by atoms with E-state index in [4.69, 9.17) is 43.8 Å². The minimum atomic E-state index is -1.50. The molecule has 20 heavy (non-hydrogen) atoms. The van der Waals surface area contributed by atoms with Gasteiger partial charge in [-0.3, -0.25) is 5.41 Å². The zero-order chi connectivity index (χ0) is 15.7. The highest BCUT2D eigenvalue weighted by Gasteiger charge is 2.06. The molecule has 0 aliphatic carbocycles. The highest BCUT2D eigenvalue weighted by Crippen LogP contribution is 2.16. The molecular formula is C10H15ClN6O3. The Morgan fingerprint density at radius 3 is 2.50 bits per heavy atom. The van der Waals surface area contributed by atoms with Gasteiger partial charge in [-0.25, -0.2) is 0 Å². The van der Waals surface area contributed by atoms with Gasteiger partial charge in [0.1, 0.15) is 0 Å². The molecule has 1 rings (SSSR count). The number of halogens is 1. The van der Waals surface area contributed by atoms with Crippen LogP contribution in [0.2, 0.25) is 5.02 Å². The van der Waals surface area contributed by atoms with E-state index in [1.807, 2.05) is 18.2 Å². The zero-order valence-electron chi connectivity index (χ0n) is 10.7. The Labute approximate surface area is 120 Å². The van der Waals surface area contributed by atoms with Crippen molar-refractivity contribution < 1.29 is 10.3 Å². The predicted molar refractivity (Wildman–Crippen MR) is 75.2 cm³/mol. The molecule has 0 saturated carbocycles. The van der Waals surface area contributed by atoms with E-state index in [1.54, 1.807) is 18.0 Å². The molecule has 110 valence electrons. The second-order valence-corrected chi connectivity index (χ2v) is 3.95. The van der Waals surface area contributed by atoms with Gasteiger partial charge in [-0.05, 0) is 11.6 Å². The lowest BCUT2D eigenvalue weighted by molar-refractivity contribution is -0.742. The summed E-state index contributed by atoms with van der Waals surface area (Å²) in [6.45, 7) is 0.481. The maximum Gasteiger partial charge on any atom is 0.291 e. The molecule has 0 fully saturated rings. The Morgan fingerprint density at radius 1 is 1.55 bits per heavy atom. The van der Waals surface area contributed by atoms with E-state index < -0.39 is 5.09 Å². The predicted octanol–water partition coefficient (Wildman–Crippen LogP) is 0.632. The van der Waals surface area contributed by atoms with Gasteiger partial charge in [0, 0.05) is 18.6 Å². The summed E-state index contributed by atoms with van der Waals surface area (Å²) in [5, 5.41) is 21.9. The third-order valence-corrected chi connectivity index (χ3v) is 2.33. The SMILES string of the molecule is CN(Cc1ccccc1Cl)C(=N)N=C(N)N.O=[N+]([O-])O. The van der Waals surface area contributed by atoms with E-state index in [0.29, 0.717) is 11.6 Å². The summed E-state index contributed by atoms with van der Waals surface area (Å²) in [7, 11) is 1.72. The number of hydrogen-bond donors (Lipinski definition) is 4. The summed E-state index contributed by atoms with van der Waals surface area (Å²) in [6.07, 6.45) is 0. The zero-order valence-corrected chi connectivity index (χ0v) is 11.4. The minimum absolute atomic E-state index is 0.0000743. The van der Waals surface area contributed by atoms with Gasteiger partial charge >= 0.3 is 0 Å². The van der Waals surface area contributed by atoms with E-state index in [1.165, 1.54) is 0 Å². The third-order valence-electron chi connectivity index (χ3n) is 1.96. The van der Waals surface area contributed by atoms with E-state index in [2.05, 4.69) is 4.99 Å². The summed E-state index contributed by atoms with van der Waals surface area (Å²) < 4.78 is 0. The topological polar surface area (TPSA) is 155 Å². The maximum absolute atomic E-state index is 8.36. The Hall–Kier alpha value is -2.55. The first kappa shape index (κ1) is 17.4. The molecule has 9 nitrogen and oxygen atoms in total. The van der Waals surface area contributed by atoms with Crippen LogP contribution in [-0.4, -0.2) is 34.2 Å². The minimum Gasteiger partial charge on any atom is -0.370 e. The van der Waals surface area contributed by atoms with Crippen molar-refractivity contribution in [3.8, 4) is 0 Å². The van der Waals surface area contributed by atoms with Crippen molar-refractivity contribution in [2.75, 3.05) is 7.05 Å². The highest BCUT2D eigenvalue weighted by molar-refractivity contribution is 6.31. The number of nitrogens with two attached hydrogens (primary N) is 2. The molecule has 0 bridgehead atoms. The van der Waals surface area contributed by atoms with Crippen LogP contribution in [0.5, 0.6) is 0 Å². The van der Waals surface area contributed by atoms with Crippen LogP contribution in [0.4, 0.5) is 0 Å². The molecular weight excluding hydrogens is 288 g/mol. The Kier molecular flexibility index (Phi) is 7.45. The fourth-order valence-corrected chi connectivity index (χ4v) is 1.36. The molecule has 0 saturated heterocycles. The maximum atomic E-state index is 8.36. The van der Waals surface area contributed by atoms with Crippen molar-refractivity contribution in [1.82, 2.24) is 4.90 Å². The quantitative estimate of drug-likeness (QED) is 0.272. The van der Waals surface area contributed by atoms with Crippen molar-refractivity contribution in [3.63, 3.8) is 0 Å². The van der Waals surface area contributed by atoms with Gasteiger partial charge in [0.25, 0.3) is 5.09 Å². The molecule has 0 aliphatic rings. The van der Waals surface area contributed by atoms with E-state index in [9.17, 15) is 0 Å². The average molecular weight is 303 g/mol. The standard InChI is InChI=1S/C10H14ClN5.HNO3/c1-16(10(14)15-9(12)13)6-7-4-2-3-5-8(7)11;2-1(3)4/h2-5H,6H2,1H3,(H5,12,13,14,15);(H,2,3,4). The van der Waals surface area contributed by atoms with Crippen molar-refractivity contribution in [3.05, 3.63) is 45.0 Å². The first-order chi connectivity index (χ1) is 9.23. The van der Waals surface area contributed by atoms with Crippen molar-refractivity contribution in [2.45, 2.75) is 6.54 Å². The number of guanidine groups is 2. The number of nitrogens with one attached hydrogen (secondary N) is 1. The fourth-order valence-electron chi connectivity index (χ4n) is 1.16. The number of rotatable bonds is 2. The number of benzene rings is 1. The highest BCUT2D eigenvalue weighted by atomic mass is 35.5. The van der Waals surface area contributed by atoms with Crippen LogP contribution in [0.15, 0.2) is 29.3 Å². The lowest BCUT2D eigenvalue weighted by Crippen LogP contribution is -2.30. The van der Waals surface area contributed by atoms with Gasteiger partial charge in [0.05, 0.1) is 0 Å². The summed E-state index contributed by atoms with van der Waals surface area (Å²) in [5.41, 5.74) is 11.3.